The molecule has 0 aliphatic heterocycles. The van der Waals surface area contributed by atoms with Crippen LogP contribution in [0.3, 0.4) is 0 Å². The summed E-state index contributed by atoms with van der Waals surface area (Å²) in [6.45, 7) is 6.98. The second-order valence-corrected chi connectivity index (χ2v) is 4.24. The first-order valence-electron chi connectivity index (χ1n) is 5.47. The maximum absolute atomic E-state index is 11.5. The number of carbonyl (C=O) groups excluding carboxylic acids is 1. The van der Waals surface area contributed by atoms with Crippen LogP contribution in [0.2, 0.25) is 0 Å². The van der Waals surface area contributed by atoms with Gasteiger partial charge in [0.2, 0.25) is 5.91 Å². The zero-order valence-electron chi connectivity index (χ0n) is 10.4. The average Bonchev–Trinajstić information content (AvgIpc) is 2.67. The summed E-state index contributed by atoms with van der Waals surface area (Å²) in [5.74, 6) is 0.00801. The number of hydrogen-bond acceptors (Lipinski definition) is 3. The summed E-state index contributed by atoms with van der Waals surface area (Å²) >= 11 is 0. The van der Waals surface area contributed by atoms with Gasteiger partial charge in [-0.1, -0.05) is 0 Å². The highest BCUT2D eigenvalue weighted by atomic mass is 16.1. The summed E-state index contributed by atoms with van der Waals surface area (Å²) in [7, 11) is 1.89. The lowest BCUT2D eigenvalue weighted by molar-refractivity contribution is -0.121. The van der Waals surface area contributed by atoms with Crippen LogP contribution in [0.15, 0.2) is 12.5 Å². The van der Waals surface area contributed by atoms with E-state index < -0.39 is 0 Å². The lowest BCUT2D eigenvalue weighted by atomic mass is 10.0. The molecule has 0 spiro atoms. The van der Waals surface area contributed by atoms with Crippen molar-refractivity contribution in [3.05, 3.63) is 18.2 Å². The molecule has 0 atom stereocenters. The summed E-state index contributed by atoms with van der Waals surface area (Å²) in [4.78, 5) is 15.6. The van der Waals surface area contributed by atoms with Gasteiger partial charge in [-0.25, -0.2) is 4.98 Å². The van der Waals surface area contributed by atoms with Gasteiger partial charge >= 0.3 is 0 Å². The highest BCUT2D eigenvalue weighted by Crippen LogP contribution is 2.18. The third-order valence-corrected chi connectivity index (χ3v) is 2.67. The highest BCUT2D eigenvalue weighted by Gasteiger charge is 2.22. The van der Waals surface area contributed by atoms with E-state index in [9.17, 15) is 4.79 Å². The number of nitrogens with zero attached hydrogens (tertiary/aromatic N) is 2. The van der Waals surface area contributed by atoms with Crippen LogP contribution < -0.4 is 10.6 Å². The van der Waals surface area contributed by atoms with Gasteiger partial charge < -0.3 is 15.2 Å². The molecular formula is C11H20N4O. The minimum Gasteiger partial charge on any atom is -0.355 e. The normalized spacial score (nSPS) is 11.5. The molecule has 5 heteroatoms. The lowest BCUT2D eigenvalue weighted by Crippen LogP contribution is -2.37. The number of hydrogen-bond donors (Lipinski definition) is 2. The summed E-state index contributed by atoms with van der Waals surface area (Å²) < 4.78 is 1.86. The number of aromatic nitrogens is 2. The first-order valence-corrected chi connectivity index (χ1v) is 5.47. The number of carbonyl (C=O) groups is 1. The van der Waals surface area contributed by atoms with E-state index in [4.69, 9.17) is 0 Å². The molecule has 5 nitrogen and oxygen atoms in total. The predicted molar refractivity (Wildman–Crippen MR) is 63.0 cm³/mol. The van der Waals surface area contributed by atoms with Crippen molar-refractivity contribution in [1.29, 1.82) is 0 Å². The number of nitrogens with one attached hydrogen (secondary N) is 2. The van der Waals surface area contributed by atoms with Crippen molar-refractivity contribution < 1.29 is 4.79 Å². The minimum atomic E-state index is -0.191. The zero-order chi connectivity index (χ0) is 12.2. The molecule has 0 fully saturated rings. The Morgan fingerprint density at radius 1 is 1.56 bits per heavy atom. The molecule has 0 saturated carbocycles. The second-order valence-electron chi connectivity index (χ2n) is 4.24. The highest BCUT2D eigenvalue weighted by molar-refractivity contribution is 5.75. The van der Waals surface area contributed by atoms with Crippen molar-refractivity contribution in [2.24, 2.45) is 0 Å². The third-order valence-electron chi connectivity index (χ3n) is 2.67. The van der Waals surface area contributed by atoms with Crippen molar-refractivity contribution in [2.75, 3.05) is 13.6 Å². The molecule has 1 heterocycles. The Balaban J connectivity index is 2.82. The van der Waals surface area contributed by atoms with Gasteiger partial charge in [-0.3, -0.25) is 4.79 Å². The Bertz CT molecular complexity index is 357. The molecule has 1 aromatic heterocycles. The molecule has 0 saturated heterocycles. The molecule has 0 aliphatic rings. The third kappa shape index (κ3) is 2.82. The maximum Gasteiger partial charge on any atom is 0.239 e. The van der Waals surface area contributed by atoms with Gasteiger partial charge in [-0.15, -0.1) is 0 Å². The van der Waals surface area contributed by atoms with E-state index in [0.29, 0.717) is 13.1 Å². The molecule has 90 valence electrons. The van der Waals surface area contributed by atoms with E-state index in [1.807, 2.05) is 18.5 Å². The average molecular weight is 224 g/mol. The van der Waals surface area contributed by atoms with Crippen molar-refractivity contribution >= 4 is 5.91 Å². The molecule has 1 aromatic rings. The number of imidazole rings is 1. The van der Waals surface area contributed by atoms with Gasteiger partial charge in [-0.05, 0) is 27.8 Å². The lowest BCUT2D eigenvalue weighted by Gasteiger charge is -2.25. The van der Waals surface area contributed by atoms with Crippen LogP contribution in [-0.4, -0.2) is 29.1 Å². The fraction of sp³-hybridized carbons (Fsp3) is 0.636. The number of amides is 1. The fourth-order valence-electron chi connectivity index (χ4n) is 1.50. The summed E-state index contributed by atoms with van der Waals surface area (Å²) in [5.41, 5.74) is 0.810. The van der Waals surface area contributed by atoms with Gasteiger partial charge in [-0.2, -0.15) is 0 Å². The van der Waals surface area contributed by atoms with Gasteiger partial charge in [0.1, 0.15) is 6.54 Å². The predicted octanol–water partition coefficient (Wildman–Crippen LogP) is 0.474. The summed E-state index contributed by atoms with van der Waals surface area (Å²) in [6.07, 6.45) is 3.47. The Morgan fingerprint density at radius 2 is 2.25 bits per heavy atom. The van der Waals surface area contributed by atoms with Crippen LogP contribution in [0, 0.1) is 0 Å². The second kappa shape index (κ2) is 5.12. The quantitative estimate of drug-likeness (QED) is 0.764. The molecule has 2 N–H and O–H groups in total. The largest absolute Gasteiger partial charge is 0.355 e. The first kappa shape index (κ1) is 12.7. The molecule has 0 bridgehead atoms. The first-order chi connectivity index (χ1) is 7.51. The Morgan fingerprint density at radius 3 is 2.81 bits per heavy atom. The van der Waals surface area contributed by atoms with E-state index in [1.165, 1.54) is 0 Å². The van der Waals surface area contributed by atoms with Crippen molar-refractivity contribution in [1.82, 2.24) is 20.2 Å². The Kier molecular flexibility index (Phi) is 4.06. The van der Waals surface area contributed by atoms with Gasteiger partial charge in [0.25, 0.3) is 0 Å². The zero-order valence-corrected chi connectivity index (χ0v) is 10.4. The van der Waals surface area contributed by atoms with E-state index >= 15 is 0 Å². The monoisotopic (exact) mass is 224 g/mol. The van der Waals surface area contributed by atoms with E-state index in [2.05, 4.69) is 29.5 Å². The minimum absolute atomic E-state index is 0.00801. The Labute approximate surface area is 96.3 Å². The van der Waals surface area contributed by atoms with Crippen LogP contribution in [0.4, 0.5) is 0 Å². The standard InChI is InChI=1S/C11H20N4O/c1-5-14-10(16)7-15-8-13-6-9(15)11(2,3)12-4/h6,8,12H,5,7H2,1-4H3,(H,14,16). The summed E-state index contributed by atoms with van der Waals surface area (Å²) in [6, 6.07) is 0. The topological polar surface area (TPSA) is 59.0 Å². The number of rotatable bonds is 5. The van der Waals surface area contributed by atoms with Gasteiger partial charge in [0.15, 0.2) is 0 Å². The van der Waals surface area contributed by atoms with Gasteiger partial charge in [0.05, 0.1) is 23.8 Å². The van der Waals surface area contributed by atoms with Crippen molar-refractivity contribution in [3.8, 4) is 0 Å². The molecule has 0 aromatic carbocycles. The van der Waals surface area contributed by atoms with E-state index in [0.717, 1.165) is 5.69 Å². The molecule has 0 aliphatic carbocycles. The van der Waals surface area contributed by atoms with Crippen molar-refractivity contribution in [2.45, 2.75) is 32.9 Å². The van der Waals surface area contributed by atoms with Crippen molar-refractivity contribution in [3.63, 3.8) is 0 Å². The maximum atomic E-state index is 11.5. The van der Waals surface area contributed by atoms with Gasteiger partial charge in [0, 0.05) is 6.54 Å². The van der Waals surface area contributed by atoms with Crippen LogP contribution in [-0.2, 0) is 16.9 Å². The molecular weight excluding hydrogens is 204 g/mol. The molecule has 0 unspecified atom stereocenters. The molecule has 1 rings (SSSR count). The molecule has 0 radical (unpaired) electrons. The van der Waals surface area contributed by atoms with Crippen LogP contribution in [0.1, 0.15) is 26.5 Å². The number of likely N-dealkylation sites (N-methyl/N-ethyl adjacent to an activating group) is 1. The van der Waals surface area contributed by atoms with E-state index in [-0.39, 0.29) is 11.4 Å². The van der Waals surface area contributed by atoms with E-state index in [1.54, 1.807) is 12.5 Å². The van der Waals surface area contributed by atoms with Crippen LogP contribution >= 0.6 is 0 Å². The summed E-state index contributed by atoms with van der Waals surface area (Å²) in [5, 5.41) is 5.97. The van der Waals surface area contributed by atoms with Crippen LogP contribution in [0.25, 0.3) is 0 Å². The Hall–Kier alpha value is -1.36. The molecule has 1 amide bonds. The SMILES string of the molecule is CCNC(=O)Cn1cncc1C(C)(C)NC. The van der Waals surface area contributed by atoms with Crippen LogP contribution in [0.5, 0.6) is 0 Å². The fourth-order valence-corrected chi connectivity index (χ4v) is 1.50. The molecule has 16 heavy (non-hydrogen) atoms. The smallest absolute Gasteiger partial charge is 0.239 e.